The van der Waals surface area contributed by atoms with Gasteiger partial charge in [-0.05, 0) is 31.5 Å². The van der Waals surface area contributed by atoms with E-state index in [9.17, 15) is 4.79 Å². The third-order valence-electron chi connectivity index (χ3n) is 2.94. The molecule has 0 aliphatic heterocycles. The fourth-order valence-electron chi connectivity index (χ4n) is 2.06. The molecule has 0 radical (unpaired) electrons. The van der Waals surface area contributed by atoms with E-state index in [0.29, 0.717) is 23.9 Å². The number of nitrogens with one attached hydrogen (secondary N) is 1. The molecule has 0 fully saturated rings. The third-order valence-corrected chi connectivity index (χ3v) is 3.18. The zero-order valence-corrected chi connectivity index (χ0v) is 11.8. The number of ether oxygens (including phenoxy) is 1. The lowest BCUT2D eigenvalue weighted by Crippen LogP contribution is -2.17. The van der Waals surface area contributed by atoms with Crippen LogP contribution in [-0.4, -0.2) is 22.5 Å². The minimum atomic E-state index is -0.337. The molecule has 0 saturated heterocycles. The van der Waals surface area contributed by atoms with E-state index in [0.717, 1.165) is 17.5 Å². The van der Waals surface area contributed by atoms with Crippen molar-refractivity contribution < 1.29 is 9.53 Å². The Balaban J connectivity index is 2.35. The SMILES string of the molecule is CCCC(C(=O)OCC)c1nc2ccc(Cl)cc2[nH]1. The summed E-state index contributed by atoms with van der Waals surface area (Å²) in [5.41, 5.74) is 1.65. The number of fused-ring (bicyclic) bond motifs is 1. The van der Waals surface area contributed by atoms with Crippen LogP contribution in [0.2, 0.25) is 5.02 Å². The lowest BCUT2D eigenvalue weighted by Gasteiger charge is -2.11. The zero-order chi connectivity index (χ0) is 13.8. The molecule has 0 spiro atoms. The number of aromatic nitrogens is 2. The van der Waals surface area contributed by atoms with Crippen molar-refractivity contribution in [1.29, 1.82) is 0 Å². The molecule has 0 amide bonds. The molecule has 0 aliphatic rings. The van der Waals surface area contributed by atoms with Crippen molar-refractivity contribution in [3.05, 3.63) is 29.0 Å². The van der Waals surface area contributed by atoms with Gasteiger partial charge in [0.05, 0.1) is 17.6 Å². The maximum Gasteiger partial charge on any atom is 0.316 e. The molecule has 102 valence electrons. The maximum atomic E-state index is 12.0. The van der Waals surface area contributed by atoms with Gasteiger partial charge in [-0.2, -0.15) is 0 Å². The van der Waals surface area contributed by atoms with Crippen molar-refractivity contribution in [2.24, 2.45) is 0 Å². The van der Waals surface area contributed by atoms with Crippen molar-refractivity contribution in [3.63, 3.8) is 0 Å². The summed E-state index contributed by atoms with van der Waals surface area (Å²) in [4.78, 5) is 19.6. The van der Waals surface area contributed by atoms with Crippen molar-refractivity contribution in [3.8, 4) is 0 Å². The van der Waals surface area contributed by atoms with E-state index in [4.69, 9.17) is 16.3 Å². The number of esters is 1. The van der Waals surface area contributed by atoms with Gasteiger partial charge in [-0.3, -0.25) is 4.79 Å². The minimum absolute atomic E-state index is 0.227. The second-order valence-electron chi connectivity index (χ2n) is 4.38. The number of hydrogen-bond acceptors (Lipinski definition) is 3. The van der Waals surface area contributed by atoms with Crippen LogP contribution in [0.1, 0.15) is 38.4 Å². The highest BCUT2D eigenvalue weighted by Crippen LogP contribution is 2.24. The van der Waals surface area contributed by atoms with Gasteiger partial charge in [0.1, 0.15) is 11.7 Å². The van der Waals surface area contributed by atoms with E-state index < -0.39 is 0 Å². The first-order chi connectivity index (χ1) is 9.15. The number of rotatable bonds is 5. The molecule has 4 nitrogen and oxygen atoms in total. The summed E-state index contributed by atoms with van der Waals surface area (Å²) in [6.45, 7) is 4.22. The first-order valence-electron chi connectivity index (χ1n) is 6.47. The van der Waals surface area contributed by atoms with Crippen LogP contribution in [0, 0.1) is 0 Å². The molecule has 1 unspecified atom stereocenters. The van der Waals surface area contributed by atoms with Gasteiger partial charge in [0.15, 0.2) is 0 Å². The fourth-order valence-corrected chi connectivity index (χ4v) is 2.24. The topological polar surface area (TPSA) is 55.0 Å². The third kappa shape index (κ3) is 3.07. The number of nitrogens with zero attached hydrogens (tertiary/aromatic N) is 1. The zero-order valence-electron chi connectivity index (χ0n) is 11.1. The summed E-state index contributed by atoms with van der Waals surface area (Å²) in [6, 6.07) is 5.43. The Kier molecular flexibility index (Phi) is 4.43. The number of H-pyrrole nitrogens is 1. The summed E-state index contributed by atoms with van der Waals surface area (Å²) in [6.07, 6.45) is 1.60. The molecule has 0 bridgehead atoms. The summed E-state index contributed by atoms with van der Waals surface area (Å²) in [5.74, 6) is 0.0863. The highest BCUT2D eigenvalue weighted by molar-refractivity contribution is 6.31. The Morgan fingerprint density at radius 2 is 2.26 bits per heavy atom. The van der Waals surface area contributed by atoms with E-state index >= 15 is 0 Å². The quantitative estimate of drug-likeness (QED) is 0.850. The number of benzene rings is 1. The Labute approximate surface area is 117 Å². The number of imidazole rings is 1. The summed E-state index contributed by atoms with van der Waals surface area (Å²) in [5, 5.41) is 0.644. The first-order valence-corrected chi connectivity index (χ1v) is 6.85. The predicted molar refractivity (Wildman–Crippen MR) is 75.4 cm³/mol. The molecule has 19 heavy (non-hydrogen) atoms. The molecular formula is C14H17ClN2O2. The number of carbonyl (C=O) groups is 1. The van der Waals surface area contributed by atoms with E-state index in [1.54, 1.807) is 13.0 Å². The predicted octanol–water partition coefficient (Wildman–Crippen LogP) is 3.66. The molecule has 1 atom stereocenters. The van der Waals surface area contributed by atoms with Gasteiger partial charge >= 0.3 is 5.97 Å². The Morgan fingerprint density at radius 1 is 1.47 bits per heavy atom. The molecule has 1 heterocycles. The van der Waals surface area contributed by atoms with Gasteiger partial charge in [-0.15, -0.1) is 0 Å². The molecule has 0 saturated carbocycles. The van der Waals surface area contributed by atoms with Crippen LogP contribution in [0.15, 0.2) is 18.2 Å². The Morgan fingerprint density at radius 3 is 2.95 bits per heavy atom. The van der Waals surface area contributed by atoms with E-state index in [1.165, 1.54) is 0 Å². The lowest BCUT2D eigenvalue weighted by molar-refractivity contribution is -0.145. The highest BCUT2D eigenvalue weighted by Gasteiger charge is 2.24. The van der Waals surface area contributed by atoms with Crippen LogP contribution < -0.4 is 0 Å². The number of hydrogen-bond donors (Lipinski definition) is 1. The van der Waals surface area contributed by atoms with Crippen LogP contribution in [0.25, 0.3) is 11.0 Å². The van der Waals surface area contributed by atoms with E-state index in [2.05, 4.69) is 9.97 Å². The lowest BCUT2D eigenvalue weighted by atomic mass is 10.0. The van der Waals surface area contributed by atoms with Gasteiger partial charge in [-0.1, -0.05) is 24.9 Å². The van der Waals surface area contributed by atoms with Gasteiger partial charge in [-0.25, -0.2) is 4.98 Å². The van der Waals surface area contributed by atoms with E-state index in [-0.39, 0.29) is 11.9 Å². The molecule has 1 aromatic carbocycles. The van der Waals surface area contributed by atoms with Gasteiger partial charge in [0.25, 0.3) is 0 Å². The smallest absolute Gasteiger partial charge is 0.316 e. The first kappa shape index (κ1) is 13.9. The largest absolute Gasteiger partial charge is 0.465 e. The van der Waals surface area contributed by atoms with Crippen molar-refractivity contribution in [2.75, 3.05) is 6.61 Å². The monoisotopic (exact) mass is 280 g/mol. The van der Waals surface area contributed by atoms with Crippen molar-refractivity contribution in [1.82, 2.24) is 9.97 Å². The van der Waals surface area contributed by atoms with Crippen molar-refractivity contribution >= 4 is 28.6 Å². The maximum absolute atomic E-state index is 12.0. The van der Waals surface area contributed by atoms with Gasteiger partial charge in [0, 0.05) is 5.02 Å². The number of halogens is 1. The molecule has 2 aromatic rings. The molecule has 0 aliphatic carbocycles. The minimum Gasteiger partial charge on any atom is -0.465 e. The van der Waals surface area contributed by atoms with Crippen LogP contribution >= 0.6 is 11.6 Å². The standard InChI is InChI=1S/C14H17ClN2O2/c1-3-5-10(14(18)19-4-2)13-16-11-7-6-9(15)8-12(11)17-13/h6-8,10H,3-5H2,1-2H3,(H,16,17). The number of carbonyl (C=O) groups excluding carboxylic acids is 1. The van der Waals surface area contributed by atoms with Crippen LogP contribution in [0.3, 0.4) is 0 Å². The molecule has 5 heteroatoms. The normalized spacial score (nSPS) is 12.6. The number of aromatic amines is 1. The molecule has 1 aromatic heterocycles. The van der Waals surface area contributed by atoms with Crippen LogP contribution in [0.4, 0.5) is 0 Å². The average Bonchev–Trinajstić information content (AvgIpc) is 2.78. The molecule has 2 rings (SSSR count). The second kappa shape index (κ2) is 6.06. The highest BCUT2D eigenvalue weighted by atomic mass is 35.5. The Bertz CT molecular complexity index is 580. The van der Waals surface area contributed by atoms with Crippen LogP contribution in [0.5, 0.6) is 0 Å². The Hall–Kier alpha value is -1.55. The van der Waals surface area contributed by atoms with Crippen LogP contribution in [-0.2, 0) is 9.53 Å². The van der Waals surface area contributed by atoms with Crippen molar-refractivity contribution in [2.45, 2.75) is 32.6 Å². The van der Waals surface area contributed by atoms with Gasteiger partial charge in [0.2, 0.25) is 0 Å². The molecular weight excluding hydrogens is 264 g/mol. The summed E-state index contributed by atoms with van der Waals surface area (Å²) < 4.78 is 5.11. The van der Waals surface area contributed by atoms with Gasteiger partial charge < -0.3 is 9.72 Å². The summed E-state index contributed by atoms with van der Waals surface area (Å²) >= 11 is 5.94. The fraction of sp³-hybridized carbons (Fsp3) is 0.429. The van der Waals surface area contributed by atoms with E-state index in [1.807, 2.05) is 19.1 Å². The second-order valence-corrected chi connectivity index (χ2v) is 4.81. The average molecular weight is 281 g/mol. The molecule has 1 N–H and O–H groups in total. The summed E-state index contributed by atoms with van der Waals surface area (Å²) in [7, 11) is 0.